The second kappa shape index (κ2) is 7.77. The van der Waals surface area contributed by atoms with Gasteiger partial charge in [-0.3, -0.25) is 24.5 Å². The predicted molar refractivity (Wildman–Crippen MR) is 117 cm³/mol. The van der Waals surface area contributed by atoms with Crippen molar-refractivity contribution in [2.24, 2.45) is 0 Å². The number of nitro groups is 1. The van der Waals surface area contributed by atoms with E-state index in [0.717, 1.165) is 11.6 Å². The third-order valence-electron chi connectivity index (χ3n) is 6.33. The molecular weight excluding hydrogens is 428 g/mol. The quantitative estimate of drug-likeness (QED) is 0.374. The molecule has 172 valence electrons. The highest BCUT2D eigenvalue weighted by Gasteiger charge is 2.73. The van der Waals surface area contributed by atoms with Crippen molar-refractivity contribution in [2.75, 3.05) is 0 Å². The number of ether oxygens (including phenoxy) is 1. The van der Waals surface area contributed by atoms with Crippen LogP contribution in [0.5, 0.6) is 5.75 Å². The van der Waals surface area contributed by atoms with E-state index >= 15 is 0 Å². The van der Waals surface area contributed by atoms with Crippen LogP contribution in [-0.4, -0.2) is 27.5 Å². The maximum Gasteiger partial charge on any atom is 0.288 e. The highest BCUT2D eigenvalue weighted by atomic mass is 16.6. The van der Waals surface area contributed by atoms with Crippen LogP contribution in [0.4, 0.5) is 5.69 Å². The number of fused-ring (bicyclic) bond motifs is 5. The van der Waals surface area contributed by atoms with Gasteiger partial charge in [0.1, 0.15) is 11.3 Å². The molecule has 1 aliphatic carbocycles. The lowest BCUT2D eigenvalue weighted by atomic mass is 9.82. The Balaban J connectivity index is 1.93. The summed E-state index contributed by atoms with van der Waals surface area (Å²) in [6.07, 6.45) is 1.14. The van der Waals surface area contributed by atoms with Crippen LogP contribution in [0.25, 0.3) is 0 Å². The monoisotopic (exact) mass is 452 g/mol. The number of hydrogen-bond donors (Lipinski definition) is 2. The van der Waals surface area contributed by atoms with Gasteiger partial charge in [-0.25, -0.2) is 0 Å². The summed E-state index contributed by atoms with van der Waals surface area (Å²) < 4.78 is 5.89. The Hall–Kier alpha value is -3.59. The Labute approximate surface area is 189 Å². The molecule has 2 aliphatic rings. The third kappa shape index (κ3) is 3.06. The van der Waals surface area contributed by atoms with Crippen LogP contribution in [0, 0.1) is 10.1 Å². The lowest BCUT2D eigenvalue weighted by molar-refractivity contribution is -0.385. The van der Waals surface area contributed by atoms with Crippen LogP contribution in [0.1, 0.15) is 73.0 Å². The molecule has 0 saturated carbocycles. The minimum absolute atomic E-state index is 0.0296. The summed E-state index contributed by atoms with van der Waals surface area (Å²) in [5.74, 6) is -4.90. The molecule has 0 bridgehead atoms. The number of nitrogens with one attached hydrogen (secondary N) is 1. The molecule has 33 heavy (non-hydrogen) atoms. The number of benzene rings is 2. The fourth-order valence-corrected chi connectivity index (χ4v) is 4.54. The molecule has 0 aromatic heterocycles. The molecule has 9 heteroatoms. The zero-order chi connectivity index (χ0) is 24.1. The Morgan fingerprint density at radius 1 is 1.21 bits per heavy atom. The molecule has 2 aromatic rings. The highest BCUT2D eigenvalue weighted by molar-refractivity contribution is 6.37. The first-order chi connectivity index (χ1) is 15.6. The summed E-state index contributed by atoms with van der Waals surface area (Å²) in [5, 5.41) is 25.8. The van der Waals surface area contributed by atoms with E-state index in [-0.39, 0.29) is 34.8 Å². The van der Waals surface area contributed by atoms with Gasteiger partial charge in [-0.1, -0.05) is 51.5 Å². The van der Waals surface area contributed by atoms with Gasteiger partial charge >= 0.3 is 0 Å². The van der Waals surface area contributed by atoms with Crippen molar-refractivity contribution in [1.82, 2.24) is 5.32 Å². The number of unbranched alkanes of at least 4 members (excludes halogenated alkanes) is 1. The Morgan fingerprint density at radius 2 is 1.94 bits per heavy atom. The van der Waals surface area contributed by atoms with Crippen LogP contribution in [-0.2, 0) is 20.9 Å². The highest BCUT2D eigenvalue weighted by Crippen LogP contribution is 2.59. The van der Waals surface area contributed by atoms with Crippen molar-refractivity contribution in [3.8, 4) is 5.75 Å². The number of Topliss-reactive ketones (excluding diaryl/α,β-unsaturated/α-hetero) is 2. The largest absolute Gasteiger partial charge is 0.454 e. The van der Waals surface area contributed by atoms with Crippen LogP contribution in [0.2, 0.25) is 0 Å². The number of rotatable bonds is 7. The first-order valence-corrected chi connectivity index (χ1v) is 10.8. The topological polar surface area (TPSA) is 136 Å². The van der Waals surface area contributed by atoms with E-state index in [1.165, 1.54) is 12.1 Å². The van der Waals surface area contributed by atoms with Crippen LogP contribution < -0.4 is 10.1 Å². The lowest BCUT2D eigenvalue weighted by Gasteiger charge is -2.34. The summed E-state index contributed by atoms with van der Waals surface area (Å²) in [5.41, 5.74) is -2.23. The van der Waals surface area contributed by atoms with E-state index in [9.17, 15) is 29.6 Å². The summed E-state index contributed by atoms with van der Waals surface area (Å²) >= 11 is 0. The van der Waals surface area contributed by atoms with E-state index in [1.807, 2.05) is 20.8 Å². The van der Waals surface area contributed by atoms with Crippen molar-refractivity contribution < 1.29 is 29.2 Å². The molecule has 9 nitrogen and oxygen atoms in total. The Kier molecular flexibility index (Phi) is 5.32. The second-order valence-corrected chi connectivity index (χ2v) is 8.67. The van der Waals surface area contributed by atoms with Crippen molar-refractivity contribution in [2.45, 2.75) is 57.3 Å². The first-order valence-electron chi connectivity index (χ1n) is 10.8. The lowest BCUT2D eigenvalue weighted by Crippen LogP contribution is -2.61. The number of carbonyl (C=O) groups is 3. The summed E-state index contributed by atoms with van der Waals surface area (Å²) in [6, 6.07) is 8.77. The van der Waals surface area contributed by atoms with Crippen LogP contribution in [0.15, 0.2) is 36.4 Å². The molecule has 0 spiro atoms. The van der Waals surface area contributed by atoms with Gasteiger partial charge in [0.25, 0.3) is 17.4 Å². The fraction of sp³-hybridized carbons (Fsp3) is 0.375. The first kappa shape index (κ1) is 22.6. The number of ketones is 2. The molecule has 2 atom stereocenters. The number of nitrogens with zero attached hydrogens (tertiary/aromatic N) is 1. The number of amides is 1. The van der Waals surface area contributed by atoms with Gasteiger partial charge < -0.3 is 15.2 Å². The zero-order valence-electron chi connectivity index (χ0n) is 18.5. The van der Waals surface area contributed by atoms with Gasteiger partial charge in [0, 0.05) is 23.6 Å². The summed E-state index contributed by atoms with van der Waals surface area (Å²) in [6.45, 7) is 5.78. The van der Waals surface area contributed by atoms with Crippen molar-refractivity contribution in [3.63, 3.8) is 0 Å². The van der Waals surface area contributed by atoms with Gasteiger partial charge in [-0.15, -0.1) is 0 Å². The van der Waals surface area contributed by atoms with Crippen molar-refractivity contribution in [3.05, 3.63) is 68.8 Å². The van der Waals surface area contributed by atoms with E-state index in [4.69, 9.17) is 4.74 Å². The molecule has 1 aliphatic heterocycles. The minimum atomic E-state index is -2.45. The van der Waals surface area contributed by atoms with E-state index in [2.05, 4.69) is 5.32 Å². The molecule has 4 rings (SSSR count). The third-order valence-corrected chi connectivity index (χ3v) is 6.33. The molecule has 2 unspecified atom stereocenters. The van der Waals surface area contributed by atoms with Gasteiger partial charge in [0.15, 0.2) is 0 Å². The van der Waals surface area contributed by atoms with E-state index < -0.39 is 39.4 Å². The van der Waals surface area contributed by atoms with Crippen LogP contribution in [0.3, 0.4) is 0 Å². The molecule has 0 saturated heterocycles. The normalized spacial score (nSPS) is 22.4. The van der Waals surface area contributed by atoms with E-state index in [1.54, 1.807) is 18.2 Å². The average molecular weight is 452 g/mol. The maximum atomic E-state index is 13.8. The number of hydrogen-bond acceptors (Lipinski definition) is 7. The molecule has 2 N–H and O–H groups in total. The Bertz CT molecular complexity index is 1210. The summed E-state index contributed by atoms with van der Waals surface area (Å²) in [4.78, 5) is 50.0. The average Bonchev–Trinajstić information content (AvgIpc) is 3.14. The number of nitro benzene ring substituents is 1. The van der Waals surface area contributed by atoms with E-state index in [0.29, 0.717) is 12.8 Å². The minimum Gasteiger partial charge on any atom is -0.454 e. The van der Waals surface area contributed by atoms with Gasteiger partial charge in [0.2, 0.25) is 17.1 Å². The zero-order valence-corrected chi connectivity index (χ0v) is 18.5. The van der Waals surface area contributed by atoms with Gasteiger partial charge in [-0.05, 0) is 24.0 Å². The van der Waals surface area contributed by atoms with Gasteiger partial charge in [-0.2, -0.15) is 0 Å². The SMILES string of the molecule is CCCCC(=O)C(=O)NC12C(=O)c3c([N+](=O)[O-])cccc3C1(O)Oc1cc(C(C)C)ccc12. The fourth-order valence-electron chi connectivity index (χ4n) is 4.54. The molecule has 1 amide bonds. The molecule has 2 aromatic carbocycles. The molecular formula is C24H24N2O7. The predicted octanol–water partition coefficient (Wildman–Crippen LogP) is 3.22. The van der Waals surface area contributed by atoms with Crippen molar-refractivity contribution in [1.29, 1.82) is 0 Å². The molecule has 0 radical (unpaired) electrons. The molecule has 0 fully saturated rings. The standard InChI is InChI=1S/C24H24N2O7/c1-4-5-9-18(27)22(29)25-23-15-11-10-14(13(2)3)12-19(15)33-24(23,30)16-7-6-8-17(26(31)32)20(16)21(23)28/h6-8,10-13,30H,4-5,9H2,1-3H3,(H,25,29). The smallest absolute Gasteiger partial charge is 0.288 e. The second-order valence-electron chi connectivity index (χ2n) is 8.67. The maximum absolute atomic E-state index is 13.8. The number of carbonyl (C=O) groups excluding carboxylic acids is 3. The molecule has 1 heterocycles. The van der Waals surface area contributed by atoms with Crippen LogP contribution >= 0.6 is 0 Å². The van der Waals surface area contributed by atoms with Gasteiger partial charge in [0.05, 0.1) is 4.92 Å². The summed E-state index contributed by atoms with van der Waals surface area (Å²) in [7, 11) is 0. The number of aliphatic hydroxyl groups is 1. The van der Waals surface area contributed by atoms with Crippen molar-refractivity contribution >= 4 is 23.2 Å². The Morgan fingerprint density at radius 3 is 2.58 bits per heavy atom.